The van der Waals surface area contributed by atoms with Crippen LogP contribution in [0.25, 0.3) is 11.1 Å². The summed E-state index contributed by atoms with van der Waals surface area (Å²) >= 11 is 1.36. The van der Waals surface area contributed by atoms with Gasteiger partial charge in [-0.25, -0.2) is 0 Å². The molecule has 0 aliphatic heterocycles. The second-order valence-electron chi connectivity index (χ2n) is 9.56. The smallest absolute Gasteiger partial charge is 0.250 e. The number of ether oxygens (including phenoxy) is 1. The first-order valence-electron chi connectivity index (χ1n) is 10.6. The number of carbonyl (C=O) groups excluding carboxylic acids is 1. The number of hydrogen-bond acceptors (Lipinski definition) is 4. The minimum atomic E-state index is -1.88. The maximum absolute atomic E-state index is 10.9. The highest BCUT2D eigenvalue weighted by Gasteiger charge is 2.39. The molecule has 0 atom stereocenters. The fraction of sp³-hybridized carbons (Fsp3) is 0.346. The summed E-state index contributed by atoms with van der Waals surface area (Å²) in [7, 11) is -1.88. The third-order valence-corrected chi connectivity index (χ3v) is 11.3. The fourth-order valence-electron chi connectivity index (χ4n) is 3.33. The number of carbonyl (C=O) groups is 1. The molecule has 0 unspecified atom stereocenters. The van der Waals surface area contributed by atoms with E-state index in [-0.39, 0.29) is 5.04 Å². The normalized spacial score (nSPS) is 12.0. The van der Waals surface area contributed by atoms with Crippen LogP contribution >= 0.6 is 11.3 Å². The zero-order valence-corrected chi connectivity index (χ0v) is 21.4. The van der Waals surface area contributed by atoms with E-state index in [1.807, 2.05) is 6.07 Å². The number of aryl methyl sites for hydroxylation is 2. The van der Waals surface area contributed by atoms with E-state index >= 15 is 0 Å². The molecule has 0 radical (unpaired) electrons. The lowest BCUT2D eigenvalue weighted by Gasteiger charge is -2.36. The maximum atomic E-state index is 10.9. The third-order valence-electron chi connectivity index (χ3n) is 6.00. The van der Waals surface area contributed by atoms with Gasteiger partial charge in [0.05, 0.1) is 4.88 Å². The summed E-state index contributed by atoms with van der Waals surface area (Å²) in [6.07, 6.45) is 0.849. The second kappa shape index (κ2) is 9.01. The molecule has 3 rings (SSSR count). The Bertz CT molecular complexity index is 1050. The van der Waals surface area contributed by atoms with Crippen molar-refractivity contribution in [2.75, 3.05) is 0 Å². The molecule has 31 heavy (non-hydrogen) atoms. The third kappa shape index (κ3) is 5.46. The van der Waals surface area contributed by atoms with Crippen molar-refractivity contribution in [3.63, 3.8) is 0 Å². The van der Waals surface area contributed by atoms with Crippen molar-refractivity contribution in [1.82, 2.24) is 0 Å². The summed E-state index contributed by atoms with van der Waals surface area (Å²) in [6.45, 7) is 16.1. The van der Waals surface area contributed by atoms with E-state index in [1.54, 1.807) is 6.07 Å². The fourth-order valence-corrected chi connectivity index (χ4v) is 5.02. The van der Waals surface area contributed by atoms with Gasteiger partial charge in [0, 0.05) is 0 Å². The molecule has 0 bridgehead atoms. The molecule has 2 aromatic carbocycles. The Morgan fingerprint density at radius 2 is 1.68 bits per heavy atom. The van der Waals surface area contributed by atoms with Gasteiger partial charge in [-0.1, -0.05) is 50.3 Å². The van der Waals surface area contributed by atoms with E-state index in [4.69, 9.17) is 9.16 Å². The quantitative estimate of drug-likeness (QED) is 0.271. The van der Waals surface area contributed by atoms with Crippen molar-refractivity contribution in [2.24, 2.45) is 0 Å². The lowest BCUT2D eigenvalue weighted by Crippen LogP contribution is -2.43. The van der Waals surface area contributed by atoms with E-state index in [2.05, 4.69) is 84.1 Å². The van der Waals surface area contributed by atoms with Crippen molar-refractivity contribution in [3.8, 4) is 21.9 Å². The summed E-state index contributed by atoms with van der Waals surface area (Å²) in [5.41, 5.74) is 5.93. The van der Waals surface area contributed by atoms with Gasteiger partial charge in [-0.2, -0.15) is 0 Å². The molecular weight excluding hydrogens is 420 g/mol. The van der Waals surface area contributed by atoms with Gasteiger partial charge in [0.1, 0.15) is 12.4 Å². The predicted octanol–water partition coefficient (Wildman–Crippen LogP) is 7.81. The average Bonchev–Trinajstić information content (AvgIpc) is 3.13. The van der Waals surface area contributed by atoms with Crippen molar-refractivity contribution in [1.29, 1.82) is 0 Å². The van der Waals surface area contributed by atoms with Crippen LogP contribution in [0.5, 0.6) is 10.8 Å². The van der Waals surface area contributed by atoms with Gasteiger partial charge in [-0.3, -0.25) is 4.79 Å². The largest absolute Gasteiger partial charge is 0.543 e. The highest BCUT2D eigenvalue weighted by molar-refractivity contribution is 7.15. The van der Waals surface area contributed by atoms with Crippen LogP contribution in [-0.4, -0.2) is 14.6 Å². The average molecular weight is 453 g/mol. The van der Waals surface area contributed by atoms with Crippen LogP contribution in [0.3, 0.4) is 0 Å². The minimum Gasteiger partial charge on any atom is -0.543 e. The highest BCUT2D eigenvalue weighted by atomic mass is 32.1. The van der Waals surface area contributed by atoms with Gasteiger partial charge >= 0.3 is 0 Å². The number of hydrogen-bond donors (Lipinski definition) is 0. The molecule has 1 heterocycles. The second-order valence-corrected chi connectivity index (χ2v) is 15.4. The highest BCUT2D eigenvalue weighted by Crippen LogP contribution is 2.39. The number of rotatable bonds is 7. The topological polar surface area (TPSA) is 35.5 Å². The summed E-state index contributed by atoms with van der Waals surface area (Å²) in [5.74, 6) is 0.966. The van der Waals surface area contributed by atoms with Crippen LogP contribution in [0.4, 0.5) is 0 Å². The Balaban J connectivity index is 1.82. The van der Waals surface area contributed by atoms with Crippen LogP contribution in [0.2, 0.25) is 18.1 Å². The summed E-state index contributed by atoms with van der Waals surface area (Å²) in [4.78, 5) is 11.5. The molecule has 1 aromatic heterocycles. The van der Waals surface area contributed by atoms with Gasteiger partial charge in [-0.05, 0) is 90.1 Å². The van der Waals surface area contributed by atoms with E-state index in [0.29, 0.717) is 11.5 Å². The van der Waals surface area contributed by atoms with Crippen LogP contribution < -0.4 is 9.16 Å². The minimum absolute atomic E-state index is 0.164. The Kier molecular flexibility index (Phi) is 6.77. The molecule has 5 heteroatoms. The van der Waals surface area contributed by atoms with Crippen molar-refractivity contribution >= 4 is 25.9 Å². The molecule has 3 aromatic rings. The zero-order valence-electron chi connectivity index (χ0n) is 19.5. The van der Waals surface area contributed by atoms with Gasteiger partial charge in [0.2, 0.25) is 8.32 Å². The molecule has 0 fully saturated rings. The van der Waals surface area contributed by atoms with E-state index in [9.17, 15) is 4.79 Å². The number of aldehydes is 1. The molecule has 0 amide bonds. The first-order valence-corrected chi connectivity index (χ1v) is 14.3. The standard InChI is InChI=1S/C26H32O3SSi/c1-18-13-22(29-31(6,7)26(3,4)5)14-19(2)25(18)21-10-8-9-20(15-21)17-28-24-12-11-23(16-27)30-24/h8-16H,17H2,1-7H3. The van der Waals surface area contributed by atoms with E-state index < -0.39 is 8.32 Å². The molecule has 0 spiro atoms. The van der Waals surface area contributed by atoms with Crippen LogP contribution in [0.15, 0.2) is 48.5 Å². The molecular formula is C26H32O3SSi. The Hall–Kier alpha value is -2.37. The number of thiophene rings is 1. The Morgan fingerprint density at radius 3 is 2.26 bits per heavy atom. The van der Waals surface area contributed by atoms with Crippen molar-refractivity contribution in [2.45, 2.75) is 59.4 Å². The van der Waals surface area contributed by atoms with Crippen LogP contribution in [0, 0.1) is 13.8 Å². The van der Waals surface area contributed by atoms with Gasteiger partial charge in [0.15, 0.2) is 11.3 Å². The zero-order chi connectivity index (χ0) is 22.8. The maximum Gasteiger partial charge on any atom is 0.250 e. The van der Waals surface area contributed by atoms with Crippen LogP contribution in [0.1, 0.15) is 47.1 Å². The Labute approximate surface area is 191 Å². The molecule has 3 nitrogen and oxygen atoms in total. The van der Waals surface area contributed by atoms with Crippen molar-refractivity contribution in [3.05, 3.63) is 70.1 Å². The van der Waals surface area contributed by atoms with Gasteiger partial charge < -0.3 is 9.16 Å². The number of benzene rings is 2. The summed E-state index contributed by atoms with van der Waals surface area (Å²) < 4.78 is 12.4. The summed E-state index contributed by atoms with van der Waals surface area (Å²) in [5, 5.41) is 0.920. The predicted molar refractivity (Wildman–Crippen MR) is 133 cm³/mol. The molecule has 164 valence electrons. The van der Waals surface area contributed by atoms with Gasteiger partial charge in [0.25, 0.3) is 0 Å². The Morgan fingerprint density at radius 1 is 1.00 bits per heavy atom. The van der Waals surface area contributed by atoms with Crippen molar-refractivity contribution < 1.29 is 14.0 Å². The van der Waals surface area contributed by atoms with E-state index in [0.717, 1.165) is 22.7 Å². The SMILES string of the molecule is Cc1cc(O[Si](C)(C)C(C)(C)C)cc(C)c1-c1cccc(COc2ccc(C=O)s2)c1. The molecule has 0 saturated heterocycles. The molecule has 0 aliphatic rings. The lowest BCUT2D eigenvalue weighted by molar-refractivity contribution is 0.112. The molecule has 0 N–H and O–H groups in total. The lowest BCUT2D eigenvalue weighted by atomic mass is 9.94. The molecule has 0 saturated carbocycles. The van der Waals surface area contributed by atoms with Gasteiger partial charge in [-0.15, -0.1) is 0 Å². The summed E-state index contributed by atoms with van der Waals surface area (Å²) in [6, 6.07) is 16.4. The monoisotopic (exact) mass is 452 g/mol. The first kappa shape index (κ1) is 23.3. The van der Waals surface area contributed by atoms with E-state index in [1.165, 1.54) is 33.6 Å². The first-order chi connectivity index (χ1) is 14.5. The van der Waals surface area contributed by atoms with Crippen LogP contribution in [-0.2, 0) is 6.61 Å². The molecule has 0 aliphatic carbocycles.